The predicted octanol–water partition coefficient (Wildman–Crippen LogP) is 3.15. The van der Waals surface area contributed by atoms with Crippen molar-refractivity contribution in [2.45, 2.75) is 18.8 Å². The first-order chi connectivity index (χ1) is 9.00. The van der Waals surface area contributed by atoms with Gasteiger partial charge in [0, 0.05) is 25.0 Å². The smallest absolute Gasteiger partial charge is 0.378 e. The van der Waals surface area contributed by atoms with E-state index in [-0.39, 0.29) is 6.04 Å². The lowest BCUT2D eigenvalue weighted by molar-refractivity contribution is -0.137. The van der Waals surface area contributed by atoms with E-state index in [1.807, 2.05) is 0 Å². The third-order valence-corrected chi connectivity index (χ3v) is 3.55. The van der Waals surface area contributed by atoms with Crippen molar-refractivity contribution in [3.8, 4) is 0 Å². The van der Waals surface area contributed by atoms with Crippen LogP contribution in [0.2, 0.25) is 0 Å². The van der Waals surface area contributed by atoms with E-state index in [1.165, 1.54) is 12.1 Å². The number of hydrogen-bond donors (Lipinski definition) is 0. The number of hydrogen-bond acceptors (Lipinski definition) is 2. The average molecular weight is 294 g/mol. The van der Waals surface area contributed by atoms with Crippen LogP contribution in [-0.2, 0) is 17.5 Å². The molecule has 2 rings (SSSR count). The van der Waals surface area contributed by atoms with Crippen molar-refractivity contribution in [1.82, 2.24) is 4.90 Å². The number of rotatable bonds is 3. The van der Waals surface area contributed by atoms with Gasteiger partial charge in [0.05, 0.1) is 18.8 Å². The summed E-state index contributed by atoms with van der Waals surface area (Å²) >= 11 is 5.86. The van der Waals surface area contributed by atoms with Crippen molar-refractivity contribution >= 4 is 11.6 Å². The number of nitrogens with zero attached hydrogens (tertiary/aromatic N) is 1. The Bertz CT molecular complexity index is 407. The Kier molecular flexibility index (Phi) is 4.71. The van der Waals surface area contributed by atoms with E-state index in [4.69, 9.17) is 16.3 Å². The lowest BCUT2D eigenvalue weighted by Gasteiger charge is -2.34. The molecule has 1 aromatic rings. The van der Waals surface area contributed by atoms with Crippen LogP contribution < -0.4 is 0 Å². The molecule has 0 saturated carbocycles. The highest BCUT2D eigenvalue weighted by atomic mass is 35.5. The van der Waals surface area contributed by atoms with E-state index in [0.717, 1.165) is 24.2 Å². The molecule has 2 nitrogen and oxygen atoms in total. The second-order valence-corrected chi connectivity index (χ2v) is 4.86. The summed E-state index contributed by atoms with van der Waals surface area (Å²) < 4.78 is 42.7. The monoisotopic (exact) mass is 293 g/mol. The van der Waals surface area contributed by atoms with E-state index in [9.17, 15) is 13.2 Å². The lowest BCUT2D eigenvalue weighted by atomic mass is 10.1. The molecule has 19 heavy (non-hydrogen) atoms. The molecule has 1 aromatic carbocycles. The Balaban J connectivity index is 2.02. The van der Waals surface area contributed by atoms with Crippen LogP contribution in [0.5, 0.6) is 0 Å². The molecule has 0 N–H and O–H groups in total. The zero-order valence-corrected chi connectivity index (χ0v) is 11.0. The van der Waals surface area contributed by atoms with Gasteiger partial charge in [-0.25, -0.2) is 0 Å². The second-order valence-electron chi connectivity index (χ2n) is 4.55. The first-order valence-electron chi connectivity index (χ1n) is 6.04. The molecule has 0 aromatic heterocycles. The minimum Gasteiger partial charge on any atom is -0.378 e. The van der Waals surface area contributed by atoms with Crippen molar-refractivity contribution in [2.24, 2.45) is 0 Å². The van der Waals surface area contributed by atoms with Gasteiger partial charge in [0.25, 0.3) is 0 Å². The van der Waals surface area contributed by atoms with Crippen molar-refractivity contribution in [1.29, 1.82) is 0 Å². The third kappa shape index (κ3) is 3.84. The summed E-state index contributed by atoms with van der Waals surface area (Å²) in [4.78, 5) is 2.14. The maximum Gasteiger partial charge on any atom is 0.416 e. The Hall–Kier alpha value is -0.780. The summed E-state index contributed by atoms with van der Waals surface area (Å²) in [5.41, 5.74) is 0.233. The fraction of sp³-hybridized carbons (Fsp3) is 0.538. The quantitative estimate of drug-likeness (QED) is 0.794. The predicted molar refractivity (Wildman–Crippen MR) is 67.2 cm³/mol. The van der Waals surface area contributed by atoms with Gasteiger partial charge in [0.15, 0.2) is 0 Å². The number of ether oxygens (including phenoxy) is 1. The van der Waals surface area contributed by atoms with Gasteiger partial charge in [-0.05, 0) is 17.7 Å². The molecule has 0 spiro atoms. The molecule has 0 bridgehead atoms. The number of alkyl halides is 4. The molecule has 106 valence electrons. The molecule has 1 unspecified atom stereocenters. The maximum atomic E-state index is 12.5. The number of morpholine rings is 1. The van der Waals surface area contributed by atoms with Gasteiger partial charge in [-0.3, -0.25) is 4.90 Å². The van der Waals surface area contributed by atoms with Gasteiger partial charge in [-0.15, -0.1) is 11.6 Å². The van der Waals surface area contributed by atoms with E-state index in [1.54, 1.807) is 0 Å². The van der Waals surface area contributed by atoms with Crippen LogP contribution in [0, 0.1) is 0 Å². The normalized spacial score (nSPS) is 21.6. The summed E-state index contributed by atoms with van der Waals surface area (Å²) in [6, 6.07) is 5.39. The van der Waals surface area contributed by atoms with E-state index >= 15 is 0 Å². The van der Waals surface area contributed by atoms with Crippen LogP contribution in [-0.4, -0.2) is 36.6 Å². The highest BCUT2D eigenvalue weighted by Crippen LogP contribution is 2.29. The molecular formula is C13H15ClF3NO. The molecule has 1 aliphatic heterocycles. The highest BCUT2D eigenvalue weighted by Gasteiger charge is 2.30. The van der Waals surface area contributed by atoms with Crippen molar-refractivity contribution in [3.05, 3.63) is 35.4 Å². The zero-order chi connectivity index (χ0) is 13.9. The zero-order valence-electron chi connectivity index (χ0n) is 10.3. The van der Waals surface area contributed by atoms with Crippen molar-refractivity contribution in [2.75, 3.05) is 25.6 Å². The largest absolute Gasteiger partial charge is 0.416 e. The van der Waals surface area contributed by atoms with Crippen LogP contribution in [0.15, 0.2) is 24.3 Å². The van der Waals surface area contributed by atoms with Crippen LogP contribution in [0.1, 0.15) is 11.1 Å². The Labute approximate surface area is 115 Å². The molecule has 6 heteroatoms. The van der Waals surface area contributed by atoms with Gasteiger partial charge in [0.1, 0.15) is 0 Å². The molecule has 1 saturated heterocycles. The fourth-order valence-corrected chi connectivity index (χ4v) is 2.36. The van der Waals surface area contributed by atoms with E-state index in [2.05, 4.69) is 4.90 Å². The molecular weight excluding hydrogens is 279 g/mol. The summed E-state index contributed by atoms with van der Waals surface area (Å²) in [5.74, 6) is 0.459. The van der Waals surface area contributed by atoms with Crippen LogP contribution in [0.4, 0.5) is 13.2 Å². The Morgan fingerprint density at radius 1 is 1.26 bits per heavy atom. The molecule has 1 fully saturated rings. The van der Waals surface area contributed by atoms with Crippen molar-refractivity contribution in [3.63, 3.8) is 0 Å². The molecule has 0 amide bonds. The molecule has 1 aliphatic rings. The Morgan fingerprint density at radius 3 is 2.53 bits per heavy atom. The fourth-order valence-electron chi connectivity index (χ4n) is 2.07. The van der Waals surface area contributed by atoms with Crippen LogP contribution in [0.25, 0.3) is 0 Å². The Morgan fingerprint density at radius 2 is 1.95 bits per heavy atom. The molecule has 0 radical (unpaired) electrons. The molecule has 1 atom stereocenters. The minimum absolute atomic E-state index is 0.123. The third-order valence-electron chi connectivity index (χ3n) is 3.19. The average Bonchev–Trinajstić information content (AvgIpc) is 2.39. The van der Waals surface area contributed by atoms with Gasteiger partial charge in [0.2, 0.25) is 0 Å². The standard InChI is InChI=1S/C13H15ClF3NO/c14-7-12-9-19-6-5-18(12)8-10-1-3-11(4-2-10)13(15,16)17/h1-4,12H,5-9H2. The first kappa shape index (κ1) is 14.6. The minimum atomic E-state index is -4.28. The van der Waals surface area contributed by atoms with Gasteiger partial charge >= 0.3 is 6.18 Å². The topological polar surface area (TPSA) is 12.5 Å². The number of benzene rings is 1. The summed E-state index contributed by atoms with van der Waals surface area (Å²) in [6.45, 7) is 2.55. The molecule has 1 heterocycles. The SMILES string of the molecule is FC(F)(F)c1ccc(CN2CCOCC2CCl)cc1. The second kappa shape index (κ2) is 6.11. The summed E-state index contributed by atoms with van der Waals surface area (Å²) in [7, 11) is 0. The van der Waals surface area contributed by atoms with Crippen LogP contribution in [0.3, 0.4) is 0 Å². The van der Waals surface area contributed by atoms with E-state index < -0.39 is 11.7 Å². The number of halogens is 4. The lowest BCUT2D eigenvalue weighted by Crippen LogP contribution is -2.45. The van der Waals surface area contributed by atoms with Crippen LogP contribution >= 0.6 is 11.6 Å². The first-order valence-corrected chi connectivity index (χ1v) is 6.58. The van der Waals surface area contributed by atoms with E-state index in [0.29, 0.717) is 25.6 Å². The van der Waals surface area contributed by atoms with Crippen molar-refractivity contribution < 1.29 is 17.9 Å². The highest BCUT2D eigenvalue weighted by molar-refractivity contribution is 6.18. The summed E-state index contributed by atoms with van der Waals surface area (Å²) in [5, 5.41) is 0. The maximum absolute atomic E-state index is 12.5. The van der Waals surface area contributed by atoms with Gasteiger partial charge in [-0.1, -0.05) is 12.1 Å². The van der Waals surface area contributed by atoms with Gasteiger partial charge < -0.3 is 4.74 Å². The molecule has 0 aliphatic carbocycles. The summed E-state index contributed by atoms with van der Waals surface area (Å²) in [6.07, 6.45) is -4.28. The van der Waals surface area contributed by atoms with Gasteiger partial charge in [-0.2, -0.15) is 13.2 Å².